The third-order valence-corrected chi connectivity index (χ3v) is 5.13. The Labute approximate surface area is 142 Å². The van der Waals surface area contributed by atoms with Gasteiger partial charge in [-0.15, -0.1) is 0 Å². The molecule has 4 rings (SSSR count). The Bertz CT molecular complexity index is 1030. The van der Waals surface area contributed by atoms with E-state index >= 15 is 0 Å². The highest BCUT2D eigenvalue weighted by Gasteiger charge is 2.23. The zero-order valence-electron chi connectivity index (χ0n) is 12.9. The van der Waals surface area contributed by atoms with Crippen molar-refractivity contribution in [1.82, 2.24) is 0 Å². The van der Waals surface area contributed by atoms with E-state index in [0.29, 0.717) is 5.75 Å². The second-order valence-corrected chi connectivity index (χ2v) is 6.54. The van der Waals surface area contributed by atoms with Crippen LogP contribution in [0.15, 0.2) is 60.4 Å². The molecule has 0 amide bonds. The van der Waals surface area contributed by atoms with Crippen molar-refractivity contribution >= 4 is 39.2 Å². The fraction of sp³-hybridized carbons (Fsp3) is 0.0526. The minimum atomic E-state index is -1.07. The molecule has 0 atom stereocenters. The highest BCUT2D eigenvalue weighted by molar-refractivity contribution is 7.18. The number of carbonyl (C=O) groups is 1. The lowest BCUT2D eigenvalue weighted by molar-refractivity contribution is -0.642. The fourth-order valence-corrected chi connectivity index (χ4v) is 3.87. The van der Waals surface area contributed by atoms with Crippen LogP contribution in [0, 0.1) is 0 Å². The van der Waals surface area contributed by atoms with Crippen molar-refractivity contribution in [3.05, 3.63) is 70.9 Å². The smallest absolute Gasteiger partial charge is 0.371 e. The molecule has 0 bridgehead atoms. The van der Waals surface area contributed by atoms with Gasteiger partial charge in [-0.25, -0.2) is 4.79 Å². The standard InChI is InChI=1S/C19H13NO3S/c1-20-14-7-3-5-9-17(14)24-18(20)11-12-10-16(19(21)22)23-15-8-4-2-6-13(12)15/h2-11H,1H3/p+1. The Morgan fingerprint density at radius 2 is 1.92 bits per heavy atom. The van der Waals surface area contributed by atoms with E-state index in [2.05, 4.69) is 16.7 Å². The van der Waals surface area contributed by atoms with Gasteiger partial charge < -0.3 is 9.84 Å². The minimum Gasteiger partial charge on any atom is -0.475 e. The molecular formula is C19H14NO3S+. The van der Waals surface area contributed by atoms with Crippen molar-refractivity contribution in [2.75, 3.05) is 0 Å². The van der Waals surface area contributed by atoms with E-state index in [1.165, 1.54) is 4.70 Å². The summed E-state index contributed by atoms with van der Waals surface area (Å²) in [6, 6.07) is 15.7. The highest BCUT2D eigenvalue weighted by atomic mass is 32.1. The van der Waals surface area contributed by atoms with Crippen LogP contribution < -0.4 is 9.30 Å². The molecule has 1 aromatic heterocycles. The number of hydrogen-bond acceptors (Lipinski definition) is 3. The van der Waals surface area contributed by atoms with Gasteiger partial charge in [-0.05, 0) is 23.8 Å². The second-order valence-electron chi connectivity index (χ2n) is 5.48. The van der Waals surface area contributed by atoms with Gasteiger partial charge in [-0.1, -0.05) is 41.7 Å². The van der Waals surface area contributed by atoms with Gasteiger partial charge in [-0.2, -0.15) is 4.57 Å². The third kappa shape index (κ3) is 2.39. The molecule has 1 N–H and O–H groups in total. The molecule has 0 fully saturated rings. The molecule has 0 saturated carbocycles. The Morgan fingerprint density at radius 3 is 2.71 bits per heavy atom. The van der Waals surface area contributed by atoms with Crippen LogP contribution in [-0.2, 0) is 11.8 Å². The van der Waals surface area contributed by atoms with Crippen LogP contribution in [0.5, 0.6) is 5.75 Å². The molecule has 2 aromatic carbocycles. The SMILES string of the molecule is C[n+]1c(C=C2C=C(C(=O)O)Oc3ccccc32)sc2ccccc21. The first kappa shape index (κ1) is 14.7. The molecule has 0 unspecified atom stereocenters. The summed E-state index contributed by atoms with van der Waals surface area (Å²) in [5.41, 5.74) is 2.87. The van der Waals surface area contributed by atoms with Gasteiger partial charge in [0.05, 0.1) is 0 Å². The van der Waals surface area contributed by atoms with Gasteiger partial charge in [0.2, 0.25) is 11.3 Å². The zero-order chi connectivity index (χ0) is 16.7. The summed E-state index contributed by atoms with van der Waals surface area (Å²) in [7, 11) is 2.01. The van der Waals surface area contributed by atoms with Crippen molar-refractivity contribution in [2.45, 2.75) is 0 Å². The molecule has 0 spiro atoms. The maximum absolute atomic E-state index is 11.3. The number of thiazole rings is 1. The number of aryl methyl sites for hydroxylation is 1. The molecule has 2 heterocycles. The second kappa shape index (κ2) is 5.62. The fourth-order valence-electron chi connectivity index (χ4n) is 2.77. The quantitative estimate of drug-likeness (QED) is 0.727. The summed E-state index contributed by atoms with van der Waals surface area (Å²) >= 11 is 1.67. The summed E-state index contributed by atoms with van der Waals surface area (Å²) in [6.45, 7) is 0. The van der Waals surface area contributed by atoms with Gasteiger partial charge in [-0.3, -0.25) is 0 Å². The Balaban J connectivity index is 1.91. The number of benzene rings is 2. The van der Waals surface area contributed by atoms with Gasteiger partial charge in [0.1, 0.15) is 17.5 Å². The van der Waals surface area contributed by atoms with E-state index in [0.717, 1.165) is 21.7 Å². The molecule has 24 heavy (non-hydrogen) atoms. The van der Waals surface area contributed by atoms with Crippen LogP contribution in [0.25, 0.3) is 21.9 Å². The average Bonchev–Trinajstić information content (AvgIpc) is 2.91. The molecule has 118 valence electrons. The zero-order valence-corrected chi connectivity index (χ0v) is 13.7. The minimum absolute atomic E-state index is 0.0660. The van der Waals surface area contributed by atoms with Crippen LogP contribution in [0.2, 0.25) is 0 Å². The van der Waals surface area contributed by atoms with E-state index in [-0.39, 0.29) is 5.76 Å². The van der Waals surface area contributed by atoms with E-state index in [1.54, 1.807) is 23.5 Å². The highest BCUT2D eigenvalue weighted by Crippen LogP contribution is 2.35. The summed E-state index contributed by atoms with van der Waals surface area (Å²) in [6.07, 6.45) is 3.59. The molecule has 0 radical (unpaired) electrons. The Hall–Kier alpha value is -2.92. The Kier molecular flexibility index (Phi) is 3.43. The monoisotopic (exact) mass is 336 g/mol. The molecule has 0 saturated heterocycles. The number of rotatable bonds is 2. The summed E-state index contributed by atoms with van der Waals surface area (Å²) < 4.78 is 8.77. The summed E-state index contributed by atoms with van der Waals surface area (Å²) in [5, 5.41) is 10.3. The number of ether oxygens (including phenoxy) is 1. The molecular weight excluding hydrogens is 322 g/mol. The van der Waals surface area contributed by atoms with Crippen LogP contribution in [0.4, 0.5) is 0 Å². The molecule has 5 heteroatoms. The number of aromatic nitrogens is 1. The first-order valence-electron chi connectivity index (χ1n) is 7.45. The number of allylic oxidation sites excluding steroid dienone is 2. The van der Waals surface area contributed by atoms with Crippen LogP contribution in [-0.4, -0.2) is 11.1 Å². The van der Waals surface area contributed by atoms with Crippen LogP contribution >= 0.6 is 11.3 Å². The summed E-state index contributed by atoms with van der Waals surface area (Å²) in [4.78, 5) is 11.3. The van der Waals surface area contributed by atoms with Crippen molar-refractivity contribution in [1.29, 1.82) is 0 Å². The maximum Gasteiger partial charge on any atom is 0.371 e. The normalized spacial score (nSPS) is 15.0. The van der Waals surface area contributed by atoms with Crippen LogP contribution in [0.1, 0.15) is 10.6 Å². The van der Waals surface area contributed by atoms with Gasteiger partial charge in [0, 0.05) is 17.7 Å². The lowest BCUT2D eigenvalue weighted by Crippen LogP contribution is -2.29. The summed E-state index contributed by atoms with van der Waals surface area (Å²) in [5.74, 6) is -0.577. The van der Waals surface area contributed by atoms with Gasteiger partial charge in [0.15, 0.2) is 0 Å². The van der Waals surface area contributed by atoms with E-state index in [1.807, 2.05) is 43.5 Å². The molecule has 3 aromatic rings. The van der Waals surface area contributed by atoms with Crippen molar-refractivity contribution in [3.8, 4) is 5.75 Å². The lowest BCUT2D eigenvalue weighted by atomic mass is 10.0. The molecule has 1 aliphatic heterocycles. The first-order chi connectivity index (χ1) is 11.6. The number of fused-ring (bicyclic) bond motifs is 2. The molecule has 4 nitrogen and oxygen atoms in total. The Morgan fingerprint density at radius 1 is 1.17 bits per heavy atom. The predicted octanol–water partition coefficient (Wildman–Crippen LogP) is 3.63. The number of aliphatic carboxylic acids is 1. The lowest BCUT2D eigenvalue weighted by Gasteiger charge is -2.17. The number of hydrogen-bond donors (Lipinski definition) is 1. The number of carboxylic acids is 1. The maximum atomic E-state index is 11.3. The molecule has 1 aliphatic rings. The first-order valence-corrected chi connectivity index (χ1v) is 8.26. The van der Waals surface area contributed by atoms with Crippen LogP contribution in [0.3, 0.4) is 0 Å². The van der Waals surface area contributed by atoms with Gasteiger partial charge >= 0.3 is 5.97 Å². The van der Waals surface area contributed by atoms with Crippen molar-refractivity contribution in [2.24, 2.45) is 7.05 Å². The number of carboxylic acid groups (broad SMARTS) is 1. The number of para-hydroxylation sites is 2. The van der Waals surface area contributed by atoms with E-state index < -0.39 is 5.97 Å². The van der Waals surface area contributed by atoms with E-state index in [4.69, 9.17) is 4.74 Å². The van der Waals surface area contributed by atoms with Crippen molar-refractivity contribution in [3.63, 3.8) is 0 Å². The van der Waals surface area contributed by atoms with Crippen molar-refractivity contribution < 1.29 is 19.2 Å². The largest absolute Gasteiger partial charge is 0.475 e. The average molecular weight is 336 g/mol. The topological polar surface area (TPSA) is 50.4 Å². The predicted molar refractivity (Wildman–Crippen MR) is 93.7 cm³/mol. The third-order valence-electron chi connectivity index (χ3n) is 3.97. The van der Waals surface area contributed by atoms with Gasteiger partial charge in [0.25, 0.3) is 5.01 Å². The number of nitrogens with zero attached hydrogens (tertiary/aromatic N) is 1. The molecule has 0 aliphatic carbocycles. The van der Waals surface area contributed by atoms with E-state index in [9.17, 15) is 9.90 Å².